The Balaban J connectivity index is 1.98. The number of alkyl halides is 3. The third-order valence-corrected chi connectivity index (χ3v) is 6.58. The highest BCUT2D eigenvalue weighted by atomic mass is 32.1. The monoisotopic (exact) mass is 426 g/mol. The summed E-state index contributed by atoms with van der Waals surface area (Å²) in [5.74, 6) is -0.625. The van der Waals surface area contributed by atoms with E-state index in [0.29, 0.717) is 17.8 Å². The topological polar surface area (TPSA) is 40.6 Å². The summed E-state index contributed by atoms with van der Waals surface area (Å²) >= 11 is 1.23. The molecule has 0 bridgehead atoms. The molecule has 0 spiro atoms. The molecule has 0 aliphatic carbocycles. The number of fused-ring (bicyclic) bond motifs is 1. The molecule has 3 rings (SSSR count). The molecule has 1 fully saturated rings. The maximum atomic E-state index is 12.9. The number of likely N-dealkylation sites (tertiary alicyclic amines) is 1. The molecule has 158 valence electrons. The Morgan fingerprint density at radius 1 is 1.21 bits per heavy atom. The molecule has 8 heteroatoms. The van der Waals surface area contributed by atoms with Crippen LogP contribution in [-0.4, -0.2) is 54.0 Å². The zero-order valence-electron chi connectivity index (χ0n) is 16.6. The lowest BCUT2D eigenvalue weighted by Crippen LogP contribution is -2.40. The summed E-state index contributed by atoms with van der Waals surface area (Å²) in [5.41, 5.74) is 0.753. The fraction of sp³-hybridized carbons (Fsp3) is 0.524. The normalized spacial score (nSPS) is 18.0. The quantitative estimate of drug-likeness (QED) is 0.700. The van der Waals surface area contributed by atoms with Gasteiger partial charge in [-0.1, -0.05) is 31.0 Å². The Labute approximate surface area is 172 Å². The lowest BCUT2D eigenvalue weighted by atomic mass is 9.97. The van der Waals surface area contributed by atoms with Crippen molar-refractivity contribution in [3.8, 4) is 0 Å². The molecular formula is C21H25F3N2O2S. The van der Waals surface area contributed by atoms with E-state index in [4.69, 9.17) is 0 Å². The summed E-state index contributed by atoms with van der Waals surface area (Å²) in [4.78, 5) is 28.0. The molecule has 0 unspecified atom stereocenters. The van der Waals surface area contributed by atoms with Gasteiger partial charge in [-0.3, -0.25) is 9.59 Å². The fourth-order valence-corrected chi connectivity index (χ4v) is 5.26. The zero-order chi connectivity index (χ0) is 21.2. The number of halogens is 3. The molecule has 2 amide bonds. The van der Waals surface area contributed by atoms with E-state index in [1.54, 1.807) is 6.92 Å². The van der Waals surface area contributed by atoms with Crippen LogP contribution in [0.5, 0.6) is 0 Å². The highest BCUT2D eigenvalue weighted by Gasteiger charge is 2.34. The Bertz CT molecular complexity index is 894. The van der Waals surface area contributed by atoms with Crippen molar-refractivity contribution in [3.05, 3.63) is 34.7 Å². The largest absolute Gasteiger partial charge is 0.406 e. The van der Waals surface area contributed by atoms with Gasteiger partial charge in [-0.05, 0) is 36.3 Å². The molecule has 1 saturated heterocycles. The van der Waals surface area contributed by atoms with Gasteiger partial charge in [0.15, 0.2) is 0 Å². The Morgan fingerprint density at radius 3 is 2.62 bits per heavy atom. The van der Waals surface area contributed by atoms with Crippen molar-refractivity contribution in [2.45, 2.75) is 51.2 Å². The molecule has 4 nitrogen and oxygen atoms in total. The molecule has 0 saturated carbocycles. The third-order valence-electron chi connectivity index (χ3n) is 5.38. The molecule has 1 aromatic heterocycles. The second-order valence-electron chi connectivity index (χ2n) is 7.60. The van der Waals surface area contributed by atoms with Crippen LogP contribution in [0.25, 0.3) is 10.1 Å². The number of benzene rings is 1. The summed E-state index contributed by atoms with van der Waals surface area (Å²) in [5, 5.41) is 0.883. The van der Waals surface area contributed by atoms with Crippen LogP contribution < -0.4 is 0 Å². The van der Waals surface area contributed by atoms with E-state index < -0.39 is 18.6 Å². The molecule has 1 aliphatic rings. The number of hydrogen-bond donors (Lipinski definition) is 0. The van der Waals surface area contributed by atoms with Gasteiger partial charge in [-0.25, -0.2) is 0 Å². The molecule has 1 aliphatic heterocycles. The van der Waals surface area contributed by atoms with Crippen LogP contribution in [0.15, 0.2) is 24.3 Å². The van der Waals surface area contributed by atoms with Crippen LogP contribution in [-0.2, 0) is 11.2 Å². The zero-order valence-corrected chi connectivity index (χ0v) is 17.4. The first-order valence-electron chi connectivity index (χ1n) is 9.77. The Kier molecular flexibility index (Phi) is 6.51. The van der Waals surface area contributed by atoms with Gasteiger partial charge in [0.25, 0.3) is 5.91 Å². The lowest BCUT2D eigenvalue weighted by Gasteiger charge is -2.29. The molecule has 2 heterocycles. The highest BCUT2D eigenvalue weighted by molar-refractivity contribution is 7.21. The van der Waals surface area contributed by atoms with Gasteiger partial charge in [0, 0.05) is 31.3 Å². The smallest absolute Gasteiger partial charge is 0.340 e. The molecule has 1 aromatic carbocycles. The van der Waals surface area contributed by atoms with E-state index >= 15 is 0 Å². The van der Waals surface area contributed by atoms with Crippen molar-refractivity contribution >= 4 is 33.2 Å². The summed E-state index contributed by atoms with van der Waals surface area (Å²) in [6.07, 6.45) is -0.159. The first-order chi connectivity index (χ1) is 13.7. The highest BCUT2D eigenvalue weighted by Crippen LogP contribution is 2.35. The average Bonchev–Trinajstić information content (AvgIpc) is 2.82. The van der Waals surface area contributed by atoms with Crippen LogP contribution in [0.1, 0.15) is 47.8 Å². The predicted octanol–water partition coefficient (Wildman–Crippen LogP) is 4.87. The van der Waals surface area contributed by atoms with Crippen LogP contribution in [0.3, 0.4) is 0 Å². The number of nitrogens with zero attached hydrogens (tertiary/aromatic N) is 2. The number of thiophene rings is 1. The van der Waals surface area contributed by atoms with Gasteiger partial charge in [0.05, 0.1) is 4.88 Å². The van der Waals surface area contributed by atoms with Crippen LogP contribution in [0.4, 0.5) is 13.2 Å². The van der Waals surface area contributed by atoms with Gasteiger partial charge < -0.3 is 9.80 Å². The lowest BCUT2D eigenvalue weighted by molar-refractivity contribution is -0.138. The van der Waals surface area contributed by atoms with E-state index in [-0.39, 0.29) is 11.9 Å². The minimum absolute atomic E-state index is 0.00139. The third kappa shape index (κ3) is 5.10. The SMILES string of the molecule is CC(=O)N1CCCCC[C@H]1Cc1c(C(=O)N(C)CC(F)(F)F)sc2ccccc12. The van der Waals surface area contributed by atoms with Gasteiger partial charge in [0.1, 0.15) is 6.54 Å². The summed E-state index contributed by atoms with van der Waals surface area (Å²) < 4.78 is 39.3. The maximum absolute atomic E-state index is 12.9. The minimum atomic E-state index is -4.45. The van der Waals surface area contributed by atoms with E-state index in [1.807, 2.05) is 29.2 Å². The minimum Gasteiger partial charge on any atom is -0.340 e. The van der Waals surface area contributed by atoms with Gasteiger partial charge in [-0.2, -0.15) is 13.2 Å². The molecule has 0 N–H and O–H groups in total. The van der Waals surface area contributed by atoms with Crippen LogP contribution in [0, 0.1) is 0 Å². The Morgan fingerprint density at radius 2 is 1.93 bits per heavy atom. The van der Waals surface area contributed by atoms with E-state index in [0.717, 1.165) is 46.2 Å². The predicted molar refractivity (Wildman–Crippen MR) is 108 cm³/mol. The maximum Gasteiger partial charge on any atom is 0.406 e. The number of amides is 2. The number of rotatable bonds is 4. The summed E-state index contributed by atoms with van der Waals surface area (Å²) in [7, 11) is 1.18. The van der Waals surface area contributed by atoms with Crippen molar-refractivity contribution in [2.24, 2.45) is 0 Å². The summed E-state index contributed by atoms with van der Waals surface area (Å²) in [6.45, 7) is 0.940. The average molecular weight is 427 g/mol. The van der Waals surface area contributed by atoms with E-state index in [9.17, 15) is 22.8 Å². The molecule has 2 aromatic rings. The molecule has 0 radical (unpaired) electrons. The molecule has 1 atom stereocenters. The second-order valence-corrected chi connectivity index (χ2v) is 8.65. The van der Waals surface area contributed by atoms with Gasteiger partial charge >= 0.3 is 6.18 Å². The molecule has 29 heavy (non-hydrogen) atoms. The van der Waals surface area contributed by atoms with Crippen LogP contribution >= 0.6 is 11.3 Å². The second kappa shape index (κ2) is 8.73. The van der Waals surface area contributed by atoms with Crippen molar-refractivity contribution in [1.82, 2.24) is 9.80 Å². The number of carbonyl (C=O) groups is 2. The first kappa shape index (κ1) is 21.6. The van der Waals surface area contributed by atoms with Crippen molar-refractivity contribution in [2.75, 3.05) is 20.1 Å². The van der Waals surface area contributed by atoms with Crippen LogP contribution in [0.2, 0.25) is 0 Å². The van der Waals surface area contributed by atoms with Crippen molar-refractivity contribution in [3.63, 3.8) is 0 Å². The van der Waals surface area contributed by atoms with E-state index in [2.05, 4.69) is 0 Å². The first-order valence-corrected chi connectivity index (χ1v) is 10.6. The van der Waals surface area contributed by atoms with Crippen molar-refractivity contribution < 1.29 is 22.8 Å². The fourth-order valence-electron chi connectivity index (χ4n) is 4.03. The van der Waals surface area contributed by atoms with Gasteiger partial charge in [-0.15, -0.1) is 11.3 Å². The van der Waals surface area contributed by atoms with E-state index in [1.165, 1.54) is 18.4 Å². The van der Waals surface area contributed by atoms with Crippen molar-refractivity contribution in [1.29, 1.82) is 0 Å². The standard InChI is InChI=1S/C21H25F3N2O2S/c1-14(27)26-11-7-3-4-8-15(26)12-17-16-9-5-6-10-18(16)29-19(17)20(28)25(2)13-21(22,23)24/h5-6,9-10,15H,3-4,7-8,11-13H2,1-2H3/t15-/m0/s1. The number of hydrogen-bond acceptors (Lipinski definition) is 3. The van der Waals surface area contributed by atoms with Gasteiger partial charge in [0.2, 0.25) is 5.91 Å². The Hall–Kier alpha value is -2.09. The summed E-state index contributed by atoms with van der Waals surface area (Å²) in [6, 6.07) is 7.44. The number of carbonyl (C=O) groups excluding carboxylic acids is 2. The molecular weight excluding hydrogens is 401 g/mol.